The van der Waals surface area contributed by atoms with Gasteiger partial charge in [0.25, 0.3) is 0 Å². The Morgan fingerprint density at radius 3 is 3.00 bits per heavy atom. The summed E-state index contributed by atoms with van der Waals surface area (Å²) in [5.41, 5.74) is 0.879. The van der Waals surface area contributed by atoms with E-state index in [1.807, 2.05) is 12.1 Å². The van der Waals surface area contributed by atoms with Crippen molar-refractivity contribution in [2.45, 2.75) is 25.0 Å². The summed E-state index contributed by atoms with van der Waals surface area (Å²) >= 11 is 5.98. The lowest BCUT2D eigenvalue weighted by atomic mass is 10.0. The SMILES string of the molecule is O=C(Cc1cccc(Cl)c1)N1CCOC[C@H]1C[C@H](O)c1ccco1. The van der Waals surface area contributed by atoms with E-state index in [0.29, 0.717) is 37.0 Å². The van der Waals surface area contributed by atoms with Crippen molar-refractivity contribution in [1.29, 1.82) is 0 Å². The average Bonchev–Trinajstić information content (AvgIpc) is 3.10. The van der Waals surface area contributed by atoms with Gasteiger partial charge >= 0.3 is 0 Å². The summed E-state index contributed by atoms with van der Waals surface area (Å²) < 4.78 is 10.7. The molecule has 0 radical (unpaired) electrons. The van der Waals surface area contributed by atoms with E-state index in [-0.39, 0.29) is 18.4 Å². The lowest BCUT2D eigenvalue weighted by Crippen LogP contribution is -2.49. The summed E-state index contributed by atoms with van der Waals surface area (Å²) in [5, 5.41) is 10.9. The molecule has 2 atom stereocenters. The predicted molar refractivity (Wildman–Crippen MR) is 89.8 cm³/mol. The van der Waals surface area contributed by atoms with Crippen molar-refractivity contribution in [1.82, 2.24) is 4.90 Å². The number of hydrogen-bond acceptors (Lipinski definition) is 4. The van der Waals surface area contributed by atoms with Crippen LogP contribution in [0.15, 0.2) is 47.1 Å². The van der Waals surface area contributed by atoms with E-state index in [0.717, 1.165) is 5.56 Å². The van der Waals surface area contributed by atoms with Crippen molar-refractivity contribution in [3.8, 4) is 0 Å². The van der Waals surface area contributed by atoms with Gasteiger partial charge in [-0.25, -0.2) is 0 Å². The monoisotopic (exact) mass is 349 g/mol. The first-order valence-electron chi connectivity index (χ1n) is 7.96. The molecule has 128 valence electrons. The van der Waals surface area contributed by atoms with Crippen LogP contribution in [0.4, 0.5) is 0 Å². The first-order valence-corrected chi connectivity index (χ1v) is 8.34. The maximum absolute atomic E-state index is 12.7. The molecule has 2 aromatic rings. The van der Waals surface area contributed by atoms with Crippen LogP contribution in [-0.2, 0) is 16.0 Å². The van der Waals surface area contributed by atoms with Crippen molar-refractivity contribution >= 4 is 17.5 Å². The molecule has 1 aliphatic rings. The summed E-state index contributed by atoms with van der Waals surface area (Å²) in [4.78, 5) is 14.5. The van der Waals surface area contributed by atoms with Crippen molar-refractivity contribution in [2.75, 3.05) is 19.8 Å². The number of amides is 1. The van der Waals surface area contributed by atoms with Gasteiger partial charge in [0.05, 0.1) is 31.9 Å². The van der Waals surface area contributed by atoms with E-state index in [1.54, 1.807) is 29.2 Å². The number of carbonyl (C=O) groups is 1. The van der Waals surface area contributed by atoms with Crippen LogP contribution in [0.25, 0.3) is 0 Å². The van der Waals surface area contributed by atoms with Crippen molar-refractivity contribution < 1.29 is 19.1 Å². The fourth-order valence-electron chi connectivity index (χ4n) is 2.96. The van der Waals surface area contributed by atoms with E-state index in [4.69, 9.17) is 20.8 Å². The number of furan rings is 1. The van der Waals surface area contributed by atoms with E-state index in [9.17, 15) is 9.90 Å². The topological polar surface area (TPSA) is 62.9 Å². The molecule has 1 fully saturated rings. The number of halogens is 1. The van der Waals surface area contributed by atoms with E-state index in [1.165, 1.54) is 6.26 Å². The van der Waals surface area contributed by atoms with Crippen LogP contribution in [0.1, 0.15) is 23.8 Å². The minimum absolute atomic E-state index is 0.0113. The van der Waals surface area contributed by atoms with Gasteiger partial charge in [0, 0.05) is 18.0 Å². The van der Waals surface area contributed by atoms with E-state index in [2.05, 4.69) is 0 Å². The Morgan fingerprint density at radius 1 is 1.38 bits per heavy atom. The maximum atomic E-state index is 12.7. The van der Waals surface area contributed by atoms with Gasteiger partial charge < -0.3 is 19.2 Å². The zero-order chi connectivity index (χ0) is 16.9. The molecule has 0 unspecified atom stereocenters. The third-order valence-electron chi connectivity index (χ3n) is 4.16. The molecule has 0 bridgehead atoms. The van der Waals surface area contributed by atoms with Gasteiger partial charge in [-0.1, -0.05) is 23.7 Å². The van der Waals surface area contributed by atoms with Crippen LogP contribution in [0.2, 0.25) is 5.02 Å². The van der Waals surface area contributed by atoms with Crippen LogP contribution >= 0.6 is 11.6 Å². The predicted octanol–water partition coefficient (Wildman–Crippen LogP) is 2.83. The fraction of sp³-hybridized carbons (Fsp3) is 0.389. The lowest BCUT2D eigenvalue weighted by Gasteiger charge is -2.36. The quantitative estimate of drug-likeness (QED) is 0.901. The Morgan fingerprint density at radius 2 is 2.25 bits per heavy atom. The molecule has 2 heterocycles. The number of rotatable bonds is 5. The Labute approximate surface area is 145 Å². The highest BCUT2D eigenvalue weighted by Crippen LogP contribution is 2.23. The molecular weight excluding hydrogens is 330 g/mol. The van der Waals surface area contributed by atoms with Crippen LogP contribution < -0.4 is 0 Å². The second kappa shape index (κ2) is 7.83. The van der Waals surface area contributed by atoms with Gasteiger partial charge in [0.2, 0.25) is 5.91 Å². The highest BCUT2D eigenvalue weighted by Gasteiger charge is 2.30. The smallest absolute Gasteiger partial charge is 0.227 e. The molecule has 1 aromatic heterocycles. The molecule has 6 heteroatoms. The van der Waals surface area contributed by atoms with E-state index < -0.39 is 6.10 Å². The first-order chi connectivity index (χ1) is 11.6. The maximum Gasteiger partial charge on any atom is 0.227 e. The molecule has 1 N–H and O–H groups in total. The minimum atomic E-state index is -0.756. The van der Waals surface area contributed by atoms with Gasteiger partial charge in [0.1, 0.15) is 11.9 Å². The van der Waals surface area contributed by atoms with Crippen LogP contribution in [0, 0.1) is 0 Å². The standard InChI is InChI=1S/C18H20ClNO4/c19-14-4-1-3-13(9-14)10-18(22)20-6-8-23-12-15(20)11-16(21)17-5-2-7-24-17/h1-5,7,9,15-16,21H,6,8,10-12H2/t15-,16+/m1/s1. The molecule has 0 saturated carbocycles. The second-order valence-electron chi connectivity index (χ2n) is 5.89. The Balaban J connectivity index is 1.66. The number of carbonyl (C=O) groups excluding carboxylic acids is 1. The fourth-order valence-corrected chi connectivity index (χ4v) is 3.17. The number of hydrogen-bond donors (Lipinski definition) is 1. The summed E-state index contributed by atoms with van der Waals surface area (Å²) in [6, 6.07) is 10.6. The number of ether oxygens (including phenoxy) is 1. The number of benzene rings is 1. The first kappa shape index (κ1) is 17.0. The third-order valence-corrected chi connectivity index (χ3v) is 4.39. The molecule has 24 heavy (non-hydrogen) atoms. The molecule has 1 saturated heterocycles. The second-order valence-corrected chi connectivity index (χ2v) is 6.33. The number of aliphatic hydroxyl groups excluding tert-OH is 1. The zero-order valence-corrected chi connectivity index (χ0v) is 14.0. The van der Waals surface area contributed by atoms with Crippen molar-refractivity contribution in [3.63, 3.8) is 0 Å². The third kappa shape index (κ3) is 4.17. The van der Waals surface area contributed by atoms with Gasteiger partial charge in [-0.3, -0.25) is 4.79 Å². The molecule has 0 spiro atoms. The molecular formula is C18H20ClNO4. The Hall–Kier alpha value is -1.82. The molecule has 3 rings (SSSR count). The summed E-state index contributed by atoms with van der Waals surface area (Å²) in [5.74, 6) is 0.514. The Kier molecular flexibility index (Phi) is 5.56. The lowest BCUT2D eigenvalue weighted by molar-refractivity contribution is -0.140. The van der Waals surface area contributed by atoms with Gasteiger partial charge in [-0.15, -0.1) is 0 Å². The largest absolute Gasteiger partial charge is 0.467 e. The van der Waals surface area contributed by atoms with Crippen LogP contribution in [-0.4, -0.2) is 41.7 Å². The van der Waals surface area contributed by atoms with Crippen LogP contribution in [0.5, 0.6) is 0 Å². The number of morpholine rings is 1. The highest BCUT2D eigenvalue weighted by atomic mass is 35.5. The summed E-state index contributed by atoms with van der Waals surface area (Å²) in [6.07, 6.45) is 1.44. The number of nitrogens with zero attached hydrogens (tertiary/aromatic N) is 1. The normalized spacial score (nSPS) is 19.2. The van der Waals surface area contributed by atoms with Crippen molar-refractivity contribution in [3.05, 3.63) is 59.0 Å². The van der Waals surface area contributed by atoms with E-state index >= 15 is 0 Å². The number of aliphatic hydroxyl groups is 1. The molecule has 1 amide bonds. The van der Waals surface area contributed by atoms with Gasteiger partial charge in [-0.05, 0) is 29.8 Å². The Bertz CT molecular complexity index is 673. The average molecular weight is 350 g/mol. The minimum Gasteiger partial charge on any atom is -0.467 e. The van der Waals surface area contributed by atoms with Crippen LogP contribution in [0.3, 0.4) is 0 Å². The molecule has 1 aliphatic heterocycles. The molecule has 1 aromatic carbocycles. The van der Waals surface area contributed by atoms with Crippen molar-refractivity contribution in [2.24, 2.45) is 0 Å². The van der Waals surface area contributed by atoms with Gasteiger partial charge in [0.15, 0.2) is 0 Å². The van der Waals surface area contributed by atoms with Gasteiger partial charge in [-0.2, -0.15) is 0 Å². The molecule has 0 aliphatic carbocycles. The summed E-state index contributed by atoms with van der Waals surface area (Å²) in [6.45, 7) is 1.45. The summed E-state index contributed by atoms with van der Waals surface area (Å²) in [7, 11) is 0. The zero-order valence-electron chi connectivity index (χ0n) is 13.2. The highest BCUT2D eigenvalue weighted by molar-refractivity contribution is 6.30. The molecule has 5 nitrogen and oxygen atoms in total.